The Balaban J connectivity index is 2.67. The lowest BCUT2D eigenvalue weighted by molar-refractivity contribution is 0.195. The first kappa shape index (κ1) is 14.9. The minimum absolute atomic E-state index is 0.540. The van der Waals surface area contributed by atoms with E-state index in [1.807, 2.05) is 44.4 Å². The molecule has 21 heavy (non-hydrogen) atoms. The first-order valence-electron chi connectivity index (χ1n) is 6.85. The van der Waals surface area contributed by atoms with Gasteiger partial charge >= 0.3 is 6.09 Å². The van der Waals surface area contributed by atoms with Crippen LogP contribution in [0.25, 0.3) is 10.9 Å². The fraction of sp³-hybridized carbons (Fsp3) is 0.375. The molecule has 1 N–H and O–H groups in total. The van der Waals surface area contributed by atoms with E-state index in [9.17, 15) is 15.2 Å². The Bertz CT molecular complexity index is 732. The van der Waals surface area contributed by atoms with E-state index in [1.54, 1.807) is 12.3 Å². The Labute approximate surface area is 124 Å². The third-order valence-corrected chi connectivity index (χ3v) is 3.45. The SMILES string of the molecule is CCn1cc(C#N)c2ccc(N(C(=O)O)C(C)(C)C)cc21. The van der Waals surface area contributed by atoms with E-state index in [1.165, 1.54) is 4.90 Å². The van der Waals surface area contributed by atoms with Gasteiger partial charge in [-0.1, -0.05) is 0 Å². The van der Waals surface area contributed by atoms with Gasteiger partial charge in [-0.3, -0.25) is 4.90 Å². The molecule has 0 unspecified atom stereocenters. The van der Waals surface area contributed by atoms with Crippen molar-refractivity contribution in [3.63, 3.8) is 0 Å². The number of anilines is 1. The van der Waals surface area contributed by atoms with Crippen LogP contribution in [0.1, 0.15) is 33.3 Å². The number of nitrogens with zero attached hydrogens (tertiary/aromatic N) is 3. The van der Waals surface area contributed by atoms with E-state index in [-0.39, 0.29) is 0 Å². The smallest absolute Gasteiger partial charge is 0.412 e. The third-order valence-electron chi connectivity index (χ3n) is 3.45. The zero-order valence-corrected chi connectivity index (χ0v) is 12.7. The average molecular weight is 285 g/mol. The second-order valence-corrected chi connectivity index (χ2v) is 5.93. The maximum atomic E-state index is 11.6. The molecule has 110 valence electrons. The fourth-order valence-corrected chi connectivity index (χ4v) is 2.55. The topological polar surface area (TPSA) is 69.3 Å². The van der Waals surface area contributed by atoms with Crippen LogP contribution in [0.15, 0.2) is 24.4 Å². The zero-order valence-electron chi connectivity index (χ0n) is 12.7. The normalized spacial score (nSPS) is 11.4. The molecule has 0 saturated heterocycles. The highest BCUT2D eigenvalue weighted by molar-refractivity contribution is 5.94. The monoisotopic (exact) mass is 285 g/mol. The molecule has 0 bridgehead atoms. The fourth-order valence-electron chi connectivity index (χ4n) is 2.55. The summed E-state index contributed by atoms with van der Waals surface area (Å²) >= 11 is 0. The van der Waals surface area contributed by atoms with Gasteiger partial charge in [-0.25, -0.2) is 4.79 Å². The van der Waals surface area contributed by atoms with Gasteiger partial charge in [0, 0.05) is 29.4 Å². The van der Waals surface area contributed by atoms with Crippen LogP contribution in [0, 0.1) is 11.3 Å². The summed E-state index contributed by atoms with van der Waals surface area (Å²) in [6.45, 7) is 8.27. The summed E-state index contributed by atoms with van der Waals surface area (Å²) in [5.41, 5.74) is 1.55. The van der Waals surface area contributed by atoms with E-state index in [2.05, 4.69) is 6.07 Å². The van der Waals surface area contributed by atoms with Crippen LogP contribution in [0.4, 0.5) is 10.5 Å². The molecule has 0 atom stereocenters. The molecule has 1 aromatic carbocycles. The van der Waals surface area contributed by atoms with Crippen molar-refractivity contribution in [3.8, 4) is 6.07 Å². The summed E-state index contributed by atoms with van der Waals surface area (Å²) in [7, 11) is 0. The number of benzene rings is 1. The Morgan fingerprint density at radius 3 is 2.57 bits per heavy atom. The number of fused-ring (bicyclic) bond motifs is 1. The number of hydrogen-bond acceptors (Lipinski definition) is 2. The third kappa shape index (κ3) is 2.57. The molecule has 0 saturated carbocycles. The standard InChI is InChI=1S/C16H19N3O2/c1-5-18-10-11(9-17)13-7-6-12(8-14(13)18)19(15(20)21)16(2,3)4/h6-8,10H,5H2,1-4H3,(H,20,21). The van der Waals surface area contributed by atoms with Gasteiger partial charge in [0.15, 0.2) is 0 Å². The highest BCUT2D eigenvalue weighted by Crippen LogP contribution is 2.30. The van der Waals surface area contributed by atoms with Crippen LogP contribution < -0.4 is 4.90 Å². The number of hydrogen-bond donors (Lipinski definition) is 1. The molecule has 0 aliphatic heterocycles. The number of carboxylic acid groups (broad SMARTS) is 1. The summed E-state index contributed by atoms with van der Waals surface area (Å²) in [5, 5.41) is 19.5. The second kappa shape index (κ2) is 5.13. The van der Waals surface area contributed by atoms with Crippen LogP contribution in [-0.2, 0) is 6.54 Å². The Hall–Kier alpha value is -2.48. The summed E-state index contributed by atoms with van der Waals surface area (Å²) < 4.78 is 1.96. The molecular weight excluding hydrogens is 266 g/mol. The van der Waals surface area contributed by atoms with Crippen LogP contribution >= 0.6 is 0 Å². The Kier molecular flexibility index (Phi) is 3.65. The Morgan fingerprint density at radius 2 is 2.10 bits per heavy atom. The quantitative estimate of drug-likeness (QED) is 0.912. The molecule has 1 aromatic heterocycles. The highest BCUT2D eigenvalue weighted by atomic mass is 16.4. The van der Waals surface area contributed by atoms with E-state index < -0.39 is 11.6 Å². The van der Waals surface area contributed by atoms with Crippen molar-refractivity contribution in [2.24, 2.45) is 0 Å². The van der Waals surface area contributed by atoms with Crippen molar-refractivity contribution in [1.29, 1.82) is 5.26 Å². The zero-order chi connectivity index (χ0) is 15.8. The molecule has 2 aromatic rings. The van der Waals surface area contributed by atoms with E-state index in [4.69, 9.17) is 0 Å². The van der Waals surface area contributed by atoms with Crippen molar-refractivity contribution in [2.75, 3.05) is 4.90 Å². The highest BCUT2D eigenvalue weighted by Gasteiger charge is 2.28. The molecular formula is C16H19N3O2. The van der Waals surface area contributed by atoms with Gasteiger partial charge in [-0.2, -0.15) is 5.26 Å². The first-order chi connectivity index (χ1) is 9.79. The first-order valence-corrected chi connectivity index (χ1v) is 6.85. The number of nitriles is 1. The predicted molar refractivity (Wildman–Crippen MR) is 82.6 cm³/mol. The summed E-state index contributed by atoms with van der Waals surface area (Å²) in [5.74, 6) is 0. The number of amides is 1. The number of aromatic nitrogens is 1. The van der Waals surface area contributed by atoms with Crippen molar-refractivity contribution in [2.45, 2.75) is 39.8 Å². The minimum Gasteiger partial charge on any atom is -0.465 e. The van der Waals surface area contributed by atoms with E-state index in [0.717, 1.165) is 17.4 Å². The van der Waals surface area contributed by atoms with Gasteiger partial charge < -0.3 is 9.67 Å². The van der Waals surface area contributed by atoms with Crippen LogP contribution in [0.2, 0.25) is 0 Å². The van der Waals surface area contributed by atoms with E-state index in [0.29, 0.717) is 11.3 Å². The van der Waals surface area contributed by atoms with E-state index >= 15 is 0 Å². The minimum atomic E-state index is -0.989. The van der Waals surface area contributed by atoms with Crippen molar-refractivity contribution >= 4 is 22.7 Å². The number of rotatable bonds is 2. The number of aryl methyl sites for hydroxylation is 1. The van der Waals surface area contributed by atoms with Gasteiger partial charge in [-0.15, -0.1) is 0 Å². The van der Waals surface area contributed by atoms with Crippen molar-refractivity contribution in [3.05, 3.63) is 30.0 Å². The molecule has 1 amide bonds. The molecule has 0 aliphatic rings. The molecule has 0 aliphatic carbocycles. The van der Waals surface area contributed by atoms with Crippen LogP contribution in [-0.4, -0.2) is 21.3 Å². The summed E-state index contributed by atoms with van der Waals surface area (Å²) in [6, 6.07) is 7.58. The van der Waals surface area contributed by atoms with Crippen molar-refractivity contribution < 1.29 is 9.90 Å². The van der Waals surface area contributed by atoms with Gasteiger partial charge in [0.25, 0.3) is 0 Å². The molecule has 0 radical (unpaired) electrons. The average Bonchev–Trinajstić information content (AvgIpc) is 2.74. The lowest BCUT2D eigenvalue weighted by Crippen LogP contribution is -2.45. The van der Waals surface area contributed by atoms with Crippen molar-refractivity contribution in [1.82, 2.24) is 4.57 Å². The maximum Gasteiger partial charge on any atom is 0.412 e. The molecule has 2 rings (SSSR count). The second-order valence-electron chi connectivity index (χ2n) is 5.93. The largest absolute Gasteiger partial charge is 0.465 e. The lowest BCUT2D eigenvalue weighted by Gasteiger charge is -2.33. The molecule has 1 heterocycles. The Morgan fingerprint density at radius 1 is 1.43 bits per heavy atom. The lowest BCUT2D eigenvalue weighted by atomic mass is 10.0. The molecule has 0 spiro atoms. The molecule has 5 nitrogen and oxygen atoms in total. The molecule has 0 fully saturated rings. The maximum absolute atomic E-state index is 11.6. The van der Waals surface area contributed by atoms with Gasteiger partial charge in [0.2, 0.25) is 0 Å². The van der Waals surface area contributed by atoms with Gasteiger partial charge in [0.05, 0.1) is 11.1 Å². The molecule has 5 heteroatoms. The van der Waals surface area contributed by atoms with Crippen LogP contribution in [0.3, 0.4) is 0 Å². The van der Waals surface area contributed by atoms with Crippen LogP contribution in [0.5, 0.6) is 0 Å². The predicted octanol–water partition coefficient (Wildman–Crippen LogP) is 3.82. The van der Waals surface area contributed by atoms with Gasteiger partial charge in [-0.05, 0) is 45.9 Å². The summed E-state index contributed by atoms with van der Waals surface area (Å²) in [4.78, 5) is 12.9. The van der Waals surface area contributed by atoms with Gasteiger partial charge in [0.1, 0.15) is 6.07 Å². The summed E-state index contributed by atoms with van der Waals surface area (Å²) in [6.07, 6.45) is 0.813. The number of carbonyl (C=O) groups is 1.